The Balaban J connectivity index is 1.82. The fourth-order valence-electron chi connectivity index (χ4n) is 2.53. The Morgan fingerprint density at radius 1 is 1.08 bits per heavy atom. The molecule has 0 aliphatic heterocycles. The van der Waals surface area contributed by atoms with Gasteiger partial charge >= 0.3 is 12.1 Å². The molecule has 0 unspecified atom stereocenters. The van der Waals surface area contributed by atoms with E-state index in [1.54, 1.807) is 0 Å². The van der Waals surface area contributed by atoms with Crippen molar-refractivity contribution in [2.45, 2.75) is 24.4 Å². The number of hydrogen-bond acceptors (Lipinski definition) is 2. The molecule has 1 fully saturated rings. The normalized spacial score (nSPS) is 15.8. The van der Waals surface area contributed by atoms with Crippen LogP contribution in [0.1, 0.15) is 28.8 Å². The SMILES string of the molecule is O=C(O)c1ccc(Oc2ccc(C3(C(F)(F)F)CC3)cc2F)cc1. The number of hydrogen-bond donors (Lipinski definition) is 1. The van der Waals surface area contributed by atoms with Crippen LogP contribution in [0, 0.1) is 5.82 Å². The first-order valence-corrected chi connectivity index (χ1v) is 7.11. The quantitative estimate of drug-likeness (QED) is 0.805. The minimum Gasteiger partial charge on any atom is -0.478 e. The van der Waals surface area contributed by atoms with E-state index in [0.29, 0.717) is 0 Å². The summed E-state index contributed by atoms with van der Waals surface area (Å²) in [6.07, 6.45) is -4.51. The van der Waals surface area contributed by atoms with Gasteiger partial charge in [0.25, 0.3) is 0 Å². The summed E-state index contributed by atoms with van der Waals surface area (Å²) in [6.45, 7) is 0. The molecule has 3 rings (SSSR count). The van der Waals surface area contributed by atoms with E-state index in [4.69, 9.17) is 9.84 Å². The number of rotatable bonds is 4. The van der Waals surface area contributed by atoms with Crippen LogP contribution in [-0.4, -0.2) is 17.3 Å². The molecule has 2 aromatic rings. The molecule has 0 heterocycles. The van der Waals surface area contributed by atoms with Gasteiger partial charge in [-0.25, -0.2) is 9.18 Å². The van der Waals surface area contributed by atoms with Gasteiger partial charge in [0.2, 0.25) is 0 Å². The Kier molecular flexibility index (Phi) is 3.74. The third kappa shape index (κ3) is 2.81. The van der Waals surface area contributed by atoms with Crippen LogP contribution in [0.5, 0.6) is 11.5 Å². The fraction of sp³-hybridized carbons (Fsp3) is 0.235. The minimum absolute atomic E-state index is 0.0408. The van der Waals surface area contributed by atoms with Gasteiger partial charge in [-0.05, 0) is 54.8 Å². The van der Waals surface area contributed by atoms with Crippen LogP contribution in [0.2, 0.25) is 0 Å². The van der Waals surface area contributed by atoms with Crippen molar-refractivity contribution in [3.05, 3.63) is 59.4 Å². The molecule has 2 aromatic carbocycles. The molecular weight excluding hydrogens is 328 g/mol. The molecule has 126 valence electrons. The first-order valence-electron chi connectivity index (χ1n) is 7.11. The number of aromatic carboxylic acids is 1. The largest absolute Gasteiger partial charge is 0.478 e. The molecule has 3 nitrogen and oxygen atoms in total. The van der Waals surface area contributed by atoms with Gasteiger partial charge in [-0.1, -0.05) is 6.07 Å². The number of halogens is 4. The molecule has 0 radical (unpaired) electrons. The smallest absolute Gasteiger partial charge is 0.398 e. The number of carboxylic acid groups (broad SMARTS) is 1. The average Bonchev–Trinajstić information content (AvgIpc) is 3.31. The lowest BCUT2D eigenvalue weighted by Crippen LogP contribution is -2.28. The van der Waals surface area contributed by atoms with E-state index >= 15 is 0 Å². The summed E-state index contributed by atoms with van der Waals surface area (Å²) in [5.74, 6) is -2.05. The van der Waals surface area contributed by atoms with Crippen LogP contribution in [0.3, 0.4) is 0 Å². The van der Waals surface area contributed by atoms with Gasteiger partial charge in [-0.15, -0.1) is 0 Å². The zero-order valence-electron chi connectivity index (χ0n) is 12.2. The maximum atomic E-state index is 14.1. The standard InChI is InChI=1S/C17H12F4O3/c18-13-9-11(16(7-8-16)17(19,20)21)3-6-14(13)24-12-4-1-10(2-5-12)15(22)23/h1-6,9H,7-8H2,(H,22,23). The Bertz CT molecular complexity index is 777. The Morgan fingerprint density at radius 2 is 1.71 bits per heavy atom. The predicted octanol–water partition coefficient (Wildman–Crippen LogP) is 4.91. The summed E-state index contributed by atoms with van der Waals surface area (Å²) in [5.41, 5.74) is -2.02. The zero-order chi connectivity index (χ0) is 17.5. The summed E-state index contributed by atoms with van der Waals surface area (Å²) in [5, 5.41) is 8.80. The number of ether oxygens (including phenoxy) is 1. The molecule has 1 aliphatic rings. The second kappa shape index (κ2) is 5.51. The Morgan fingerprint density at radius 3 is 2.17 bits per heavy atom. The van der Waals surface area contributed by atoms with Crippen LogP contribution >= 0.6 is 0 Å². The summed E-state index contributed by atoms with van der Waals surface area (Å²) >= 11 is 0. The first-order chi connectivity index (χ1) is 11.2. The van der Waals surface area contributed by atoms with E-state index in [2.05, 4.69) is 0 Å². The van der Waals surface area contributed by atoms with Crippen molar-refractivity contribution < 1.29 is 32.2 Å². The van der Waals surface area contributed by atoms with Gasteiger partial charge in [-0.3, -0.25) is 0 Å². The van der Waals surface area contributed by atoms with Gasteiger partial charge in [0.1, 0.15) is 5.75 Å². The van der Waals surface area contributed by atoms with Crippen LogP contribution in [-0.2, 0) is 5.41 Å². The third-order valence-electron chi connectivity index (χ3n) is 4.11. The van der Waals surface area contributed by atoms with E-state index in [1.165, 1.54) is 30.3 Å². The number of carboxylic acids is 1. The molecular formula is C17H12F4O3. The van der Waals surface area contributed by atoms with Crippen molar-refractivity contribution in [3.8, 4) is 11.5 Å². The highest BCUT2D eigenvalue weighted by atomic mass is 19.4. The summed E-state index contributed by atoms with van der Waals surface area (Å²) in [6, 6.07) is 8.47. The lowest BCUT2D eigenvalue weighted by molar-refractivity contribution is -0.160. The molecule has 1 N–H and O–H groups in total. The summed E-state index contributed by atoms with van der Waals surface area (Å²) in [7, 11) is 0. The maximum absolute atomic E-state index is 14.1. The monoisotopic (exact) mass is 340 g/mol. The number of benzene rings is 2. The molecule has 0 amide bonds. The van der Waals surface area contributed by atoms with Crippen molar-refractivity contribution in [2.75, 3.05) is 0 Å². The topological polar surface area (TPSA) is 46.5 Å². The molecule has 24 heavy (non-hydrogen) atoms. The van der Waals surface area contributed by atoms with E-state index in [9.17, 15) is 22.4 Å². The van der Waals surface area contributed by atoms with Crippen LogP contribution in [0.4, 0.5) is 17.6 Å². The average molecular weight is 340 g/mol. The number of carbonyl (C=O) groups is 1. The molecule has 0 bridgehead atoms. The lowest BCUT2D eigenvalue weighted by Gasteiger charge is -2.20. The summed E-state index contributed by atoms with van der Waals surface area (Å²) in [4.78, 5) is 10.8. The zero-order valence-corrected chi connectivity index (χ0v) is 12.2. The molecule has 0 saturated heterocycles. The second-order valence-corrected chi connectivity index (χ2v) is 5.66. The first kappa shape index (κ1) is 16.3. The highest BCUT2D eigenvalue weighted by Gasteiger charge is 2.64. The lowest BCUT2D eigenvalue weighted by atomic mass is 9.95. The summed E-state index contributed by atoms with van der Waals surface area (Å²) < 4.78 is 58.6. The number of alkyl halides is 3. The van der Waals surface area contributed by atoms with E-state index in [1.807, 2.05) is 0 Å². The van der Waals surface area contributed by atoms with Crippen molar-refractivity contribution in [1.82, 2.24) is 0 Å². The molecule has 0 aromatic heterocycles. The minimum atomic E-state index is -4.41. The molecule has 1 aliphatic carbocycles. The van der Waals surface area contributed by atoms with Crippen molar-refractivity contribution in [2.24, 2.45) is 0 Å². The van der Waals surface area contributed by atoms with Gasteiger partial charge in [0.15, 0.2) is 11.6 Å². The van der Waals surface area contributed by atoms with Crippen molar-refractivity contribution in [1.29, 1.82) is 0 Å². The van der Waals surface area contributed by atoms with Crippen LogP contribution in [0.25, 0.3) is 0 Å². The molecule has 0 atom stereocenters. The fourth-order valence-corrected chi connectivity index (χ4v) is 2.53. The molecule has 0 spiro atoms. The van der Waals surface area contributed by atoms with Gasteiger partial charge in [0.05, 0.1) is 11.0 Å². The van der Waals surface area contributed by atoms with E-state index in [0.717, 1.165) is 12.1 Å². The molecule has 7 heteroatoms. The maximum Gasteiger partial charge on any atom is 0.398 e. The second-order valence-electron chi connectivity index (χ2n) is 5.66. The Hall–Kier alpha value is -2.57. The van der Waals surface area contributed by atoms with Crippen LogP contribution < -0.4 is 4.74 Å². The van der Waals surface area contributed by atoms with E-state index < -0.39 is 23.4 Å². The highest BCUT2D eigenvalue weighted by Crippen LogP contribution is 2.59. The van der Waals surface area contributed by atoms with E-state index in [-0.39, 0.29) is 35.5 Å². The third-order valence-corrected chi connectivity index (χ3v) is 4.11. The molecule has 1 saturated carbocycles. The highest BCUT2D eigenvalue weighted by molar-refractivity contribution is 5.87. The van der Waals surface area contributed by atoms with Gasteiger partial charge in [0, 0.05) is 0 Å². The van der Waals surface area contributed by atoms with Gasteiger partial charge in [-0.2, -0.15) is 13.2 Å². The van der Waals surface area contributed by atoms with Crippen molar-refractivity contribution >= 4 is 5.97 Å². The predicted molar refractivity (Wildman–Crippen MR) is 76.8 cm³/mol. The van der Waals surface area contributed by atoms with Crippen molar-refractivity contribution in [3.63, 3.8) is 0 Å². The van der Waals surface area contributed by atoms with Gasteiger partial charge < -0.3 is 9.84 Å². The van der Waals surface area contributed by atoms with Crippen LogP contribution in [0.15, 0.2) is 42.5 Å². The Labute approximate surface area is 134 Å².